The predicted molar refractivity (Wildman–Crippen MR) is 95.7 cm³/mol. The number of aromatic hydroxyl groups is 1. The van der Waals surface area contributed by atoms with Crippen molar-refractivity contribution in [2.24, 2.45) is 22.2 Å². The van der Waals surface area contributed by atoms with E-state index in [4.69, 9.17) is 17.2 Å². The van der Waals surface area contributed by atoms with Gasteiger partial charge >= 0.3 is 0 Å². The van der Waals surface area contributed by atoms with Gasteiger partial charge in [-0.05, 0) is 44.0 Å². The van der Waals surface area contributed by atoms with Crippen molar-refractivity contribution >= 4 is 17.8 Å². The Morgan fingerprint density at radius 3 is 2.32 bits per heavy atom. The van der Waals surface area contributed by atoms with Gasteiger partial charge in [0.05, 0.1) is 6.04 Å². The van der Waals surface area contributed by atoms with Gasteiger partial charge in [-0.1, -0.05) is 12.1 Å². The molecule has 9 nitrogen and oxygen atoms in total. The summed E-state index contributed by atoms with van der Waals surface area (Å²) in [6.07, 6.45) is 1.25. The van der Waals surface area contributed by atoms with Gasteiger partial charge in [0.25, 0.3) is 0 Å². The maximum Gasteiger partial charge on any atom is 0.240 e. The summed E-state index contributed by atoms with van der Waals surface area (Å²) in [4.78, 5) is 27.8. The van der Waals surface area contributed by atoms with E-state index in [1.165, 1.54) is 0 Å². The maximum absolute atomic E-state index is 12.4. The molecule has 0 aliphatic carbocycles. The third-order valence-electron chi connectivity index (χ3n) is 3.65. The van der Waals surface area contributed by atoms with E-state index >= 15 is 0 Å². The number of phenolic OH excluding ortho intramolecular Hbond substituents is 1. The van der Waals surface area contributed by atoms with Crippen LogP contribution in [0.3, 0.4) is 0 Å². The highest BCUT2D eigenvalue weighted by atomic mass is 16.3. The summed E-state index contributed by atoms with van der Waals surface area (Å²) in [5.74, 6) is -0.814. The van der Waals surface area contributed by atoms with Crippen molar-refractivity contribution in [3.8, 4) is 5.75 Å². The maximum atomic E-state index is 12.4. The highest BCUT2D eigenvalue weighted by Gasteiger charge is 2.23. The first kappa shape index (κ1) is 20.2. The minimum absolute atomic E-state index is 0.0243. The van der Waals surface area contributed by atoms with Gasteiger partial charge in [-0.2, -0.15) is 0 Å². The Hall–Kier alpha value is -2.81. The zero-order valence-corrected chi connectivity index (χ0v) is 14.2. The number of hydrogen-bond donors (Lipinski definition) is 6. The van der Waals surface area contributed by atoms with E-state index in [2.05, 4.69) is 15.6 Å². The Balaban J connectivity index is 2.61. The minimum Gasteiger partial charge on any atom is -0.508 e. The number of primary amides is 1. The van der Waals surface area contributed by atoms with Crippen molar-refractivity contribution in [2.75, 3.05) is 13.6 Å². The van der Waals surface area contributed by atoms with Gasteiger partial charge in [-0.25, -0.2) is 0 Å². The molecule has 1 aromatic rings. The number of likely N-dealkylation sites (N-methyl/N-ethyl adjacent to an activating group) is 1. The van der Waals surface area contributed by atoms with E-state index < -0.39 is 18.0 Å². The molecule has 25 heavy (non-hydrogen) atoms. The van der Waals surface area contributed by atoms with Crippen LogP contribution in [0.4, 0.5) is 0 Å². The van der Waals surface area contributed by atoms with Crippen molar-refractivity contribution < 1.29 is 14.7 Å². The molecule has 9 heteroatoms. The number of carbonyl (C=O) groups excluding carboxylic acids is 2. The fraction of sp³-hybridized carbons (Fsp3) is 0.438. The van der Waals surface area contributed by atoms with Crippen LogP contribution in [0.15, 0.2) is 29.3 Å². The number of carbonyl (C=O) groups is 2. The Labute approximate surface area is 146 Å². The molecule has 0 radical (unpaired) electrons. The first-order valence-electron chi connectivity index (χ1n) is 7.93. The van der Waals surface area contributed by atoms with Crippen molar-refractivity contribution in [1.29, 1.82) is 0 Å². The number of phenols is 1. The third-order valence-corrected chi connectivity index (χ3v) is 3.65. The fourth-order valence-electron chi connectivity index (χ4n) is 2.26. The number of benzene rings is 1. The van der Waals surface area contributed by atoms with E-state index in [9.17, 15) is 14.7 Å². The van der Waals surface area contributed by atoms with Crippen LogP contribution in [-0.4, -0.2) is 48.6 Å². The third kappa shape index (κ3) is 7.53. The lowest BCUT2D eigenvalue weighted by atomic mass is 10.0. The second kappa shape index (κ2) is 10.1. The van der Waals surface area contributed by atoms with E-state index in [-0.39, 0.29) is 17.6 Å². The highest BCUT2D eigenvalue weighted by Crippen LogP contribution is 2.11. The molecule has 9 N–H and O–H groups in total. The number of amides is 2. The van der Waals surface area contributed by atoms with Crippen LogP contribution in [0.1, 0.15) is 18.4 Å². The molecular formula is C16H26N6O3. The normalized spacial score (nSPS) is 12.8. The first-order valence-corrected chi connectivity index (χ1v) is 7.93. The molecule has 0 fully saturated rings. The summed E-state index contributed by atoms with van der Waals surface area (Å²) in [6.45, 7) is 0.352. The average molecular weight is 350 g/mol. The van der Waals surface area contributed by atoms with Gasteiger partial charge in [-0.3, -0.25) is 14.6 Å². The van der Waals surface area contributed by atoms with Crippen LogP contribution in [-0.2, 0) is 16.0 Å². The summed E-state index contributed by atoms with van der Waals surface area (Å²) < 4.78 is 0. The molecule has 0 heterocycles. The largest absolute Gasteiger partial charge is 0.508 e. The quantitative estimate of drug-likeness (QED) is 0.171. The number of guanidine groups is 1. The number of nitrogens with two attached hydrogens (primary N) is 3. The average Bonchev–Trinajstić information content (AvgIpc) is 2.56. The molecule has 1 rings (SSSR count). The minimum atomic E-state index is -0.794. The molecule has 0 bridgehead atoms. The molecule has 0 aliphatic heterocycles. The Bertz CT molecular complexity index is 598. The molecule has 0 saturated carbocycles. The topological polar surface area (TPSA) is 169 Å². The van der Waals surface area contributed by atoms with Gasteiger partial charge in [0, 0.05) is 6.54 Å². The summed E-state index contributed by atoms with van der Waals surface area (Å²) in [5, 5.41) is 14.9. The molecule has 2 atom stereocenters. The summed E-state index contributed by atoms with van der Waals surface area (Å²) >= 11 is 0. The zero-order valence-electron chi connectivity index (χ0n) is 14.2. The summed E-state index contributed by atoms with van der Waals surface area (Å²) in [6, 6.07) is 5.23. The van der Waals surface area contributed by atoms with Crippen molar-refractivity contribution in [3.63, 3.8) is 0 Å². The Morgan fingerprint density at radius 1 is 1.16 bits per heavy atom. The number of nitrogens with one attached hydrogen (secondary N) is 2. The molecule has 0 spiro atoms. The van der Waals surface area contributed by atoms with Gasteiger partial charge in [0.1, 0.15) is 11.8 Å². The van der Waals surface area contributed by atoms with Crippen LogP contribution in [0.25, 0.3) is 0 Å². The van der Waals surface area contributed by atoms with E-state index in [1.54, 1.807) is 31.3 Å². The number of aliphatic imine (C=N–C) groups is 1. The SMILES string of the molecule is CN[C@H](Cc1ccc(O)cc1)C(=O)N[C@@H](CCCN=C(N)N)C(N)=O. The van der Waals surface area contributed by atoms with Crippen LogP contribution < -0.4 is 27.8 Å². The lowest BCUT2D eigenvalue weighted by Crippen LogP contribution is -2.51. The van der Waals surface area contributed by atoms with Gasteiger partial charge < -0.3 is 32.9 Å². The van der Waals surface area contributed by atoms with E-state index in [1.807, 2.05) is 0 Å². The zero-order chi connectivity index (χ0) is 18.8. The second-order valence-electron chi connectivity index (χ2n) is 5.62. The molecule has 0 saturated heterocycles. The van der Waals surface area contributed by atoms with E-state index in [0.717, 1.165) is 5.56 Å². The second-order valence-corrected chi connectivity index (χ2v) is 5.62. The molecule has 2 amide bonds. The van der Waals surface area contributed by atoms with Gasteiger partial charge in [0.15, 0.2) is 5.96 Å². The summed E-state index contributed by atoms with van der Waals surface area (Å²) in [7, 11) is 1.66. The van der Waals surface area contributed by atoms with Gasteiger partial charge in [-0.15, -0.1) is 0 Å². The molecular weight excluding hydrogens is 324 g/mol. The number of hydrogen-bond acceptors (Lipinski definition) is 5. The van der Waals surface area contributed by atoms with Crippen LogP contribution in [0.5, 0.6) is 5.75 Å². The molecule has 138 valence electrons. The molecule has 0 aliphatic rings. The van der Waals surface area contributed by atoms with Crippen LogP contribution >= 0.6 is 0 Å². The Morgan fingerprint density at radius 2 is 1.80 bits per heavy atom. The molecule has 1 aromatic carbocycles. The van der Waals surface area contributed by atoms with Crippen molar-refractivity contribution in [3.05, 3.63) is 29.8 Å². The van der Waals surface area contributed by atoms with E-state index in [0.29, 0.717) is 25.8 Å². The van der Waals surface area contributed by atoms with Crippen molar-refractivity contribution in [1.82, 2.24) is 10.6 Å². The first-order chi connectivity index (χ1) is 11.8. The lowest BCUT2D eigenvalue weighted by Gasteiger charge is -2.20. The number of rotatable bonds is 10. The smallest absolute Gasteiger partial charge is 0.240 e. The summed E-state index contributed by atoms with van der Waals surface area (Å²) in [5.41, 5.74) is 16.7. The number of nitrogens with zero attached hydrogens (tertiary/aromatic N) is 1. The van der Waals surface area contributed by atoms with Crippen LogP contribution in [0, 0.1) is 0 Å². The predicted octanol–water partition coefficient (Wildman–Crippen LogP) is -1.45. The Kier molecular flexibility index (Phi) is 8.21. The van der Waals surface area contributed by atoms with Gasteiger partial charge in [0.2, 0.25) is 11.8 Å². The molecule has 0 unspecified atom stereocenters. The van der Waals surface area contributed by atoms with Crippen molar-refractivity contribution in [2.45, 2.75) is 31.3 Å². The van der Waals surface area contributed by atoms with Crippen LogP contribution in [0.2, 0.25) is 0 Å². The highest BCUT2D eigenvalue weighted by molar-refractivity contribution is 5.89. The lowest BCUT2D eigenvalue weighted by molar-refractivity contribution is -0.128. The monoisotopic (exact) mass is 350 g/mol. The standard InChI is InChI=1S/C16H26N6O3/c1-20-13(9-10-4-6-11(23)7-5-10)15(25)22-12(14(17)24)3-2-8-21-16(18)19/h4-7,12-13,20,23H,2-3,8-9H2,1H3,(H2,17,24)(H,22,25)(H4,18,19,21)/t12-,13+/m0/s1. The fourth-order valence-corrected chi connectivity index (χ4v) is 2.26. The molecule has 0 aromatic heterocycles.